The maximum atomic E-state index is 11.7. The zero-order chi connectivity index (χ0) is 27.9. The molecule has 39 heavy (non-hydrogen) atoms. The molecule has 0 fully saturated rings. The molecule has 1 heterocycles. The van der Waals surface area contributed by atoms with Gasteiger partial charge in [-0.05, 0) is 79.6 Å². The fraction of sp³-hybridized carbons (Fsp3) is 0.344. The first-order chi connectivity index (χ1) is 19.0. The summed E-state index contributed by atoms with van der Waals surface area (Å²) in [5.74, 6) is 0.935. The van der Waals surface area contributed by atoms with E-state index in [1.165, 1.54) is 14.2 Å². The van der Waals surface area contributed by atoms with Gasteiger partial charge in [-0.3, -0.25) is 9.78 Å². The van der Waals surface area contributed by atoms with Gasteiger partial charge in [-0.25, -0.2) is 4.79 Å². The van der Waals surface area contributed by atoms with Crippen molar-refractivity contribution in [2.45, 2.75) is 44.9 Å². The van der Waals surface area contributed by atoms with Gasteiger partial charge in [0.1, 0.15) is 11.5 Å². The van der Waals surface area contributed by atoms with E-state index in [4.69, 9.17) is 23.9 Å². The van der Waals surface area contributed by atoms with Crippen molar-refractivity contribution in [1.29, 1.82) is 0 Å². The highest BCUT2D eigenvalue weighted by Gasteiger charge is 2.11. The van der Waals surface area contributed by atoms with Crippen LogP contribution < -0.4 is 9.47 Å². The molecule has 1 aromatic heterocycles. The van der Waals surface area contributed by atoms with Gasteiger partial charge in [0.2, 0.25) is 0 Å². The average molecular weight is 532 g/mol. The molecule has 206 valence electrons. The van der Waals surface area contributed by atoms with E-state index in [9.17, 15) is 9.59 Å². The van der Waals surface area contributed by atoms with E-state index in [1.807, 2.05) is 48.5 Å². The number of unbranched alkanes of at least 4 members (excludes halogenated alkanes) is 2. The smallest absolute Gasteiger partial charge is 0.337 e. The number of aromatic nitrogens is 1. The first-order valence-corrected chi connectivity index (χ1v) is 13.2. The minimum Gasteiger partial charge on any atom is -0.497 e. The summed E-state index contributed by atoms with van der Waals surface area (Å²) in [4.78, 5) is 28.2. The molecule has 0 aliphatic rings. The van der Waals surface area contributed by atoms with Gasteiger partial charge < -0.3 is 18.9 Å². The molecular weight excluding hydrogens is 494 g/mol. The first kappa shape index (κ1) is 29.4. The monoisotopic (exact) mass is 531 g/mol. The molecule has 0 aliphatic heterocycles. The predicted molar refractivity (Wildman–Crippen MR) is 151 cm³/mol. The van der Waals surface area contributed by atoms with Gasteiger partial charge in [-0.2, -0.15) is 0 Å². The number of hydrogen-bond donors (Lipinski definition) is 0. The highest BCUT2D eigenvalue weighted by Crippen LogP contribution is 2.21. The lowest BCUT2D eigenvalue weighted by atomic mass is 10.1. The minimum absolute atomic E-state index is 0.245. The number of nitrogens with zero attached hydrogens (tertiary/aromatic N) is 1. The van der Waals surface area contributed by atoms with Crippen LogP contribution in [0.1, 0.15) is 58.6 Å². The number of ether oxygens (including phenoxy) is 4. The van der Waals surface area contributed by atoms with Crippen LogP contribution in [-0.4, -0.2) is 44.9 Å². The number of methoxy groups -OCH3 is 3. The number of carbonyl (C=O) groups is 2. The Morgan fingerprint density at radius 1 is 0.821 bits per heavy atom. The summed E-state index contributed by atoms with van der Waals surface area (Å²) in [6, 6.07) is 19.3. The van der Waals surface area contributed by atoms with Crippen molar-refractivity contribution in [3.63, 3.8) is 0 Å². The molecule has 0 aliphatic carbocycles. The summed E-state index contributed by atoms with van der Waals surface area (Å²) in [6.45, 7) is 0.579. The number of esters is 2. The van der Waals surface area contributed by atoms with Crippen LogP contribution >= 0.6 is 0 Å². The highest BCUT2D eigenvalue weighted by atomic mass is 16.5. The molecule has 0 spiro atoms. The van der Waals surface area contributed by atoms with Crippen LogP contribution in [0, 0.1) is 0 Å². The number of rotatable bonds is 15. The van der Waals surface area contributed by atoms with E-state index in [-0.39, 0.29) is 18.4 Å². The fourth-order valence-corrected chi connectivity index (χ4v) is 3.98. The van der Waals surface area contributed by atoms with Crippen molar-refractivity contribution >= 4 is 18.0 Å². The summed E-state index contributed by atoms with van der Waals surface area (Å²) in [5.41, 5.74) is 4.45. The second-order valence-electron chi connectivity index (χ2n) is 9.03. The molecule has 0 bridgehead atoms. The Bertz CT molecular complexity index is 1220. The molecule has 3 rings (SSSR count). The number of pyridine rings is 1. The molecule has 7 heteroatoms. The fourth-order valence-electron chi connectivity index (χ4n) is 3.98. The van der Waals surface area contributed by atoms with E-state index in [0.29, 0.717) is 24.3 Å². The minimum atomic E-state index is -0.348. The van der Waals surface area contributed by atoms with Crippen molar-refractivity contribution in [1.82, 2.24) is 4.98 Å². The quantitative estimate of drug-likeness (QED) is 0.175. The second kappa shape index (κ2) is 16.0. The molecule has 0 atom stereocenters. The van der Waals surface area contributed by atoms with E-state index < -0.39 is 0 Å². The molecule has 0 N–H and O–H groups in total. The van der Waals surface area contributed by atoms with Crippen LogP contribution in [0.15, 0.2) is 66.7 Å². The third-order valence-electron chi connectivity index (χ3n) is 6.28. The lowest BCUT2D eigenvalue weighted by Gasteiger charge is -2.12. The van der Waals surface area contributed by atoms with Crippen molar-refractivity contribution in [3.8, 4) is 11.5 Å². The van der Waals surface area contributed by atoms with Gasteiger partial charge in [0.15, 0.2) is 0 Å². The molecule has 3 aromatic rings. The second-order valence-corrected chi connectivity index (χ2v) is 9.03. The molecule has 0 saturated carbocycles. The van der Waals surface area contributed by atoms with Gasteiger partial charge in [-0.1, -0.05) is 36.4 Å². The SMILES string of the molecule is COC(=O)CCc1nc(CCc2ccc(C(=O)OC)cc2)ccc1OCCCCC=Cc1ccc(OC)cc1. The Morgan fingerprint density at radius 2 is 1.59 bits per heavy atom. The Kier molecular flexibility index (Phi) is 12.0. The van der Waals surface area contributed by atoms with Crippen LogP contribution in [0.5, 0.6) is 11.5 Å². The predicted octanol–water partition coefficient (Wildman–Crippen LogP) is 6.03. The topological polar surface area (TPSA) is 84.0 Å². The van der Waals surface area contributed by atoms with Gasteiger partial charge in [0.25, 0.3) is 0 Å². The summed E-state index contributed by atoms with van der Waals surface area (Å²) >= 11 is 0. The Balaban J connectivity index is 1.51. The van der Waals surface area contributed by atoms with Crippen molar-refractivity contribution in [2.24, 2.45) is 0 Å². The van der Waals surface area contributed by atoms with Crippen LogP contribution in [0.2, 0.25) is 0 Å². The summed E-state index contributed by atoms with van der Waals surface area (Å²) in [6.07, 6.45) is 9.35. The first-order valence-electron chi connectivity index (χ1n) is 13.2. The van der Waals surface area contributed by atoms with Crippen LogP contribution in [-0.2, 0) is 33.5 Å². The average Bonchev–Trinajstić information content (AvgIpc) is 2.99. The number of benzene rings is 2. The van der Waals surface area contributed by atoms with Crippen molar-refractivity contribution in [2.75, 3.05) is 27.9 Å². The molecule has 0 unspecified atom stereocenters. The molecule has 0 radical (unpaired) electrons. The van der Waals surface area contributed by atoms with Crippen molar-refractivity contribution < 1.29 is 28.5 Å². The Morgan fingerprint density at radius 3 is 2.28 bits per heavy atom. The number of aryl methyl sites for hydroxylation is 3. The standard InChI is InChI=1S/C32H37NO6/c1-36-28-18-12-24(13-19-28)8-6-4-5-7-23-39-30-21-17-27(33-29(30)20-22-31(34)37-2)16-11-25-9-14-26(15-10-25)32(35)38-3/h6,8-10,12-15,17-19,21H,4-5,7,11,16,20,22-23H2,1-3H3. The largest absolute Gasteiger partial charge is 0.497 e. The summed E-state index contributed by atoms with van der Waals surface area (Å²) in [7, 11) is 4.42. The Hall–Kier alpha value is -4.13. The van der Waals surface area contributed by atoms with Crippen LogP contribution in [0.4, 0.5) is 0 Å². The van der Waals surface area contributed by atoms with Gasteiger partial charge in [0, 0.05) is 12.1 Å². The maximum Gasteiger partial charge on any atom is 0.337 e. The van der Waals surface area contributed by atoms with E-state index in [2.05, 4.69) is 12.2 Å². The van der Waals surface area contributed by atoms with E-state index >= 15 is 0 Å². The van der Waals surface area contributed by atoms with Gasteiger partial charge >= 0.3 is 11.9 Å². The lowest BCUT2D eigenvalue weighted by Crippen LogP contribution is -2.08. The van der Waals surface area contributed by atoms with Crippen LogP contribution in [0.25, 0.3) is 6.08 Å². The molecule has 7 nitrogen and oxygen atoms in total. The molecule has 2 aromatic carbocycles. The lowest BCUT2D eigenvalue weighted by molar-refractivity contribution is -0.140. The Labute approximate surface area is 230 Å². The summed E-state index contributed by atoms with van der Waals surface area (Å²) in [5, 5.41) is 0. The van der Waals surface area contributed by atoms with Gasteiger partial charge in [-0.15, -0.1) is 0 Å². The van der Waals surface area contributed by atoms with Crippen molar-refractivity contribution in [3.05, 3.63) is 94.8 Å². The molecule has 0 amide bonds. The number of hydrogen-bond acceptors (Lipinski definition) is 7. The third kappa shape index (κ3) is 9.93. The van der Waals surface area contributed by atoms with E-state index in [1.54, 1.807) is 19.2 Å². The molecule has 0 saturated heterocycles. The summed E-state index contributed by atoms with van der Waals surface area (Å²) < 4.78 is 20.8. The molecular formula is C32H37NO6. The zero-order valence-electron chi connectivity index (χ0n) is 23.0. The number of allylic oxidation sites excluding steroid dienone is 1. The maximum absolute atomic E-state index is 11.7. The van der Waals surface area contributed by atoms with E-state index in [0.717, 1.165) is 60.4 Å². The number of carbonyl (C=O) groups excluding carboxylic acids is 2. The highest BCUT2D eigenvalue weighted by molar-refractivity contribution is 5.89. The normalized spacial score (nSPS) is 10.8. The zero-order valence-corrected chi connectivity index (χ0v) is 23.0. The third-order valence-corrected chi connectivity index (χ3v) is 6.28. The van der Waals surface area contributed by atoms with Crippen LogP contribution in [0.3, 0.4) is 0 Å². The van der Waals surface area contributed by atoms with Gasteiger partial charge in [0.05, 0.1) is 45.6 Å².